The van der Waals surface area contributed by atoms with Crippen LogP contribution in [-0.2, 0) is 16.6 Å². The number of nitrogens with zero attached hydrogens (tertiary/aromatic N) is 3. The number of hydrogen-bond donors (Lipinski definition) is 1. The monoisotopic (exact) mass is 298 g/mol. The van der Waals surface area contributed by atoms with Crippen molar-refractivity contribution in [3.63, 3.8) is 0 Å². The number of nitrogens with one attached hydrogen (secondary N) is 1. The second kappa shape index (κ2) is 6.04. The van der Waals surface area contributed by atoms with Gasteiger partial charge in [-0.3, -0.25) is 29.0 Å². The number of piperidine rings is 1. The van der Waals surface area contributed by atoms with Crippen LogP contribution in [0.2, 0.25) is 0 Å². The molecule has 2 heterocycles. The van der Waals surface area contributed by atoms with Gasteiger partial charge in [0.1, 0.15) is 5.78 Å². The molecule has 108 valence electrons. The molecule has 0 aliphatic carbocycles. The predicted octanol–water partition coefficient (Wildman–Crippen LogP) is -1.25. The number of hydrogen-bond acceptors (Lipinski definition) is 6. The quantitative estimate of drug-likeness (QED) is 0.552. The number of carbonyl (C=O) groups excluding carboxylic acids is 2. The molecule has 2 rings (SSSR count). The largest absolute Gasteiger partial charge is 0.341 e. The molecular weight excluding hydrogens is 284 g/mol. The van der Waals surface area contributed by atoms with Gasteiger partial charge in [0.2, 0.25) is 5.91 Å². The number of thioether (sulfide) groups is 1. The van der Waals surface area contributed by atoms with E-state index in [4.69, 9.17) is 0 Å². The molecule has 8 nitrogen and oxygen atoms in total. The van der Waals surface area contributed by atoms with Crippen LogP contribution in [0, 0.1) is 0 Å². The summed E-state index contributed by atoms with van der Waals surface area (Å²) in [6.45, 7) is 0.881. The van der Waals surface area contributed by atoms with Gasteiger partial charge in [-0.15, -0.1) is 0 Å². The molecule has 1 amide bonds. The minimum atomic E-state index is -0.874. The Morgan fingerprint density at radius 3 is 2.60 bits per heavy atom. The first-order chi connectivity index (χ1) is 9.47. The van der Waals surface area contributed by atoms with Gasteiger partial charge in [0, 0.05) is 33.0 Å². The summed E-state index contributed by atoms with van der Waals surface area (Å²) in [6, 6.07) is 0. The van der Waals surface area contributed by atoms with Gasteiger partial charge in [-0.05, 0) is 0 Å². The average Bonchev–Trinajstić information content (AvgIpc) is 2.42. The summed E-state index contributed by atoms with van der Waals surface area (Å²) in [5.74, 6) is 0.176. The highest BCUT2D eigenvalue weighted by Gasteiger charge is 2.21. The van der Waals surface area contributed by atoms with E-state index in [0.29, 0.717) is 25.9 Å². The Hall–Kier alpha value is -1.90. The number of ketones is 1. The maximum atomic E-state index is 11.9. The van der Waals surface area contributed by atoms with Crippen LogP contribution < -0.4 is 11.1 Å². The van der Waals surface area contributed by atoms with Gasteiger partial charge in [0.25, 0.3) is 0 Å². The average molecular weight is 298 g/mol. The van der Waals surface area contributed by atoms with E-state index in [1.165, 1.54) is 4.68 Å². The highest BCUT2D eigenvalue weighted by atomic mass is 32.2. The summed E-state index contributed by atoms with van der Waals surface area (Å²) in [5.41, 5.74) is -1.67. The Bertz CT molecular complexity index is 641. The van der Waals surface area contributed by atoms with E-state index in [-0.39, 0.29) is 22.6 Å². The van der Waals surface area contributed by atoms with E-state index >= 15 is 0 Å². The van der Waals surface area contributed by atoms with Crippen LogP contribution in [0.1, 0.15) is 12.8 Å². The van der Waals surface area contributed by atoms with E-state index < -0.39 is 11.1 Å². The molecule has 1 aliphatic heterocycles. The number of H-pyrrole nitrogens is 1. The highest BCUT2D eigenvalue weighted by Crippen LogP contribution is 2.14. The Labute approximate surface area is 118 Å². The van der Waals surface area contributed by atoms with Crippen LogP contribution in [0.5, 0.6) is 0 Å². The smallest absolute Gasteiger partial charge is 0.339 e. The number of carbonyl (C=O) groups is 2. The second-order valence-corrected chi connectivity index (χ2v) is 5.35. The van der Waals surface area contributed by atoms with Crippen molar-refractivity contribution in [1.29, 1.82) is 0 Å². The predicted molar refractivity (Wildman–Crippen MR) is 71.6 cm³/mol. The normalized spacial score (nSPS) is 15.4. The van der Waals surface area contributed by atoms with Crippen LogP contribution in [-0.4, -0.2) is 50.2 Å². The Balaban J connectivity index is 1.97. The van der Waals surface area contributed by atoms with Crippen molar-refractivity contribution in [3.05, 3.63) is 20.7 Å². The summed E-state index contributed by atoms with van der Waals surface area (Å²) in [4.78, 5) is 50.5. The topological polar surface area (TPSA) is 105 Å². The molecule has 1 aromatic heterocycles. The van der Waals surface area contributed by atoms with Gasteiger partial charge in [-0.25, -0.2) is 0 Å². The molecule has 1 aliphatic rings. The lowest BCUT2D eigenvalue weighted by Crippen LogP contribution is -2.39. The maximum Gasteiger partial charge on any atom is 0.339 e. The zero-order chi connectivity index (χ0) is 14.7. The lowest BCUT2D eigenvalue weighted by atomic mass is 10.1. The fraction of sp³-hybridized carbons (Fsp3) is 0.545. The fourth-order valence-electron chi connectivity index (χ4n) is 1.81. The SMILES string of the molecule is Cn1[nH]c(=O)c(=O)nc1SCC(=O)N1CCC(=O)CC1. The third kappa shape index (κ3) is 3.35. The molecule has 0 atom stereocenters. The molecule has 1 saturated heterocycles. The zero-order valence-corrected chi connectivity index (χ0v) is 11.7. The summed E-state index contributed by atoms with van der Waals surface area (Å²) in [5, 5.41) is 2.59. The summed E-state index contributed by atoms with van der Waals surface area (Å²) >= 11 is 1.08. The fourth-order valence-corrected chi connectivity index (χ4v) is 2.63. The zero-order valence-electron chi connectivity index (χ0n) is 10.9. The van der Waals surface area contributed by atoms with Crippen LogP contribution in [0.15, 0.2) is 14.7 Å². The van der Waals surface area contributed by atoms with Gasteiger partial charge >= 0.3 is 11.1 Å². The lowest BCUT2D eigenvalue weighted by Gasteiger charge is -2.25. The molecule has 0 saturated carbocycles. The van der Waals surface area contributed by atoms with Gasteiger partial charge in [0.05, 0.1) is 5.75 Å². The molecule has 0 spiro atoms. The molecule has 0 unspecified atom stereocenters. The Morgan fingerprint density at radius 2 is 1.95 bits per heavy atom. The lowest BCUT2D eigenvalue weighted by molar-refractivity contribution is -0.132. The summed E-state index contributed by atoms with van der Waals surface area (Å²) in [7, 11) is 1.54. The van der Waals surface area contributed by atoms with Crippen molar-refractivity contribution in [1.82, 2.24) is 19.7 Å². The van der Waals surface area contributed by atoms with E-state index in [1.807, 2.05) is 0 Å². The van der Waals surface area contributed by atoms with Crippen molar-refractivity contribution in [2.24, 2.45) is 7.05 Å². The number of likely N-dealkylation sites (tertiary alicyclic amines) is 1. The number of aromatic amines is 1. The first-order valence-corrected chi connectivity index (χ1v) is 7.05. The molecule has 0 radical (unpaired) electrons. The number of amides is 1. The first kappa shape index (κ1) is 14.5. The Kier molecular flexibility index (Phi) is 4.38. The standard InChI is InChI=1S/C11H14N4O4S/c1-14-11(12-9(18)10(19)13-14)20-6-8(17)15-4-2-7(16)3-5-15/h2-6H2,1H3,(H,13,19). The van der Waals surface area contributed by atoms with E-state index in [1.54, 1.807) is 11.9 Å². The number of rotatable bonds is 3. The number of Topliss-reactive ketones (excluding diaryl/α,β-unsaturated/α-hetero) is 1. The number of aromatic nitrogens is 3. The molecule has 0 aromatic carbocycles. The maximum absolute atomic E-state index is 11.9. The van der Waals surface area contributed by atoms with Crippen LogP contribution in [0.25, 0.3) is 0 Å². The van der Waals surface area contributed by atoms with Crippen LogP contribution in [0.4, 0.5) is 0 Å². The molecule has 1 aromatic rings. The molecule has 9 heteroatoms. The second-order valence-electron chi connectivity index (χ2n) is 4.41. The van der Waals surface area contributed by atoms with Gasteiger partial charge in [-0.2, -0.15) is 4.98 Å². The molecular formula is C11H14N4O4S. The summed E-state index contributed by atoms with van der Waals surface area (Å²) < 4.78 is 1.31. The van der Waals surface area contributed by atoms with Gasteiger partial charge in [0.15, 0.2) is 5.16 Å². The molecule has 0 bridgehead atoms. The third-order valence-corrected chi connectivity index (χ3v) is 3.96. The molecule has 1 N–H and O–H groups in total. The summed E-state index contributed by atoms with van der Waals surface area (Å²) in [6.07, 6.45) is 0.789. The highest BCUT2D eigenvalue weighted by molar-refractivity contribution is 7.99. The van der Waals surface area contributed by atoms with Gasteiger partial charge < -0.3 is 4.90 Å². The van der Waals surface area contributed by atoms with E-state index in [2.05, 4.69) is 10.1 Å². The third-order valence-electron chi connectivity index (χ3n) is 2.95. The minimum absolute atomic E-state index is 0.108. The first-order valence-electron chi connectivity index (χ1n) is 6.07. The van der Waals surface area contributed by atoms with Crippen molar-refractivity contribution in [2.75, 3.05) is 18.8 Å². The van der Waals surface area contributed by atoms with Crippen molar-refractivity contribution in [2.45, 2.75) is 18.0 Å². The van der Waals surface area contributed by atoms with Crippen LogP contribution in [0.3, 0.4) is 0 Å². The Morgan fingerprint density at radius 1 is 1.30 bits per heavy atom. The van der Waals surface area contributed by atoms with E-state index in [0.717, 1.165) is 11.8 Å². The van der Waals surface area contributed by atoms with Crippen molar-refractivity contribution < 1.29 is 9.59 Å². The van der Waals surface area contributed by atoms with Crippen molar-refractivity contribution in [3.8, 4) is 0 Å². The van der Waals surface area contributed by atoms with Crippen molar-refractivity contribution >= 4 is 23.5 Å². The minimum Gasteiger partial charge on any atom is -0.341 e. The van der Waals surface area contributed by atoms with Crippen LogP contribution >= 0.6 is 11.8 Å². The number of aryl methyl sites for hydroxylation is 1. The van der Waals surface area contributed by atoms with Gasteiger partial charge in [-0.1, -0.05) is 11.8 Å². The molecule has 20 heavy (non-hydrogen) atoms. The van der Waals surface area contributed by atoms with E-state index in [9.17, 15) is 19.2 Å². The molecule has 1 fully saturated rings.